The van der Waals surface area contributed by atoms with Crippen LogP contribution in [0, 0.1) is 11.3 Å². The third-order valence-electron chi connectivity index (χ3n) is 4.50. The predicted octanol–water partition coefficient (Wildman–Crippen LogP) is 1.53. The molecule has 5 nitrogen and oxygen atoms in total. The minimum Gasteiger partial charge on any atom is -0.354 e. The Morgan fingerprint density at radius 1 is 1.23 bits per heavy atom. The van der Waals surface area contributed by atoms with Crippen LogP contribution in [0.1, 0.15) is 52.9 Å². The largest absolute Gasteiger partial charge is 0.354 e. The van der Waals surface area contributed by atoms with Crippen molar-refractivity contribution in [2.75, 3.05) is 26.2 Å². The summed E-state index contributed by atoms with van der Waals surface area (Å²) in [6.45, 7) is 9.58. The summed E-state index contributed by atoms with van der Waals surface area (Å²) in [5, 5.41) is 6.28. The van der Waals surface area contributed by atoms with Gasteiger partial charge in [0.25, 0.3) is 0 Å². The van der Waals surface area contributed by atoms with Gasteiger partial charge in [0, 0.05) is 26.1 Å². The van der Waals surface area contributed by atoms with Gasteiger partial charge in [0.2, 0.25) is 11.8 Å². The highest BCUT2D eigenvalue weighted by molar-refractivity contribution is 5.82. The summed E-state index contributed by atoms with van der Waals surface area (Å²) >= 11 is 0. The van der Waals surface area contributed by atoms with E-state index in [1.54, 1.807) is 0 Å². The van der Waals surface area contributed by atoms with E-state index in [9.17, 15) is 9.59 Å². The van der Waals surface area contributed by atoms with E-state index in [1.807, 2.05) is 4.90 Å². The van der Waals surface area contributed by atoms with Crippen LogP contribution in [-0.2, 0) is 9.59 Å². The van der Waals surface area contributed by atoms with E-state index in [1.165, 1.54) is 0 Å². The molecule has 2 aliphatic rings. The number of carbonyl (C=O) groups excluding carboxylic acids is 2. The number of nitrogens with zero attached hydrogens (tertiary/aromatic N) is 1. The average Bonchev–Trinajstić information content (AvgIpc) is 2.97. The molecule has 0 bridgehead atoms. The molecule has 2 rings (SSSR count). The van der Waals surface area contributed by atoms with Crippen molar-refractivity contribution in [3.05, 3.63) is 0 Å². The normalized spacial score (nSPS) is 26.0. The first kappa shape index (κ1) is 17.3. The monoisotopic (exact) mass is 309 g/mol. The highest BCUT2D eigenvalue weighted by Gasteiger charge is 2.28. The van der Waals surface area contributed by atoms with E-state index in [2.05, 4.69) is 31.4 Å². The Kier molecular flexibility index (Phi) is 5.84. The second-order valence-corrected chi connectivity index (χ2v) is 7.98. The number of nitrogens with one attached hydrogen (secondary N) is 2. The maximum Gasteiger partial charge on any atom is 0.237 e. The first-order valence-electron chi connectivity index (χ1n) is 8.64. The lowest BCUT2D eigenvalue weighted by Gasteiger charge is -2.34. The molecule has 126 valence electrons. The van der Waals surface area contributed by atoms with Crippen LogP contribution in [0.5, 0.6) is 0 Å². The fraction of sp³-hybridized carbons (Fsp3) is 0.882. The Bertz CT molecular complexity index is 397. The highest BCUT2D eigenvalue weighted by atomic mass is 16.2. The quantitative estimate of drug-likeness (QED) is 0.828. The van der Waals surface area contributed by atoms with Crippen LogP contribution in [0.25, 0.3) is 0 Å². The van der Waals surface area contributed by atoms with Crippen LogP contribution >= 0.6 is 0 Å². The molecule has 2 N–H and O–H groups in total. The van der Waals surface area contributed by atoms with Gasteiger partial charge in [-0.05, 0) is 43.6 Å². The molecule has 5 heteroatoms. The zero-order valence-corrected chi connectivity index (χ0v) is 14.3. The Balaban J connectivity index is 1.75. The van der Waals surface area contributed by atoms with E-state index in [4.69, 9.17) is 0 Å². The van der Waals surface area contributed by atoms with Gasteiger partial charge in [-0.3, -0.25) is 9.59 Å². The van der Waals surface area contributed by atoms with Crippen molar-refractivity contribution in [1.82, 2.24) is 15.5 Å². The number of piperidine rings is 1. The van der Waals surface area contributed by atoms with E-state index >= 15 is 0 Å². The Morgan fingerprint density at radius 3 is 2.64 bits per heavy atom. The molecule has 22 heavy (non-hydrogen) atoms. The molecule has 2 heterocycles. The lowest BCUT2D eigenvalue weighted by molar-refractivity contribution is -0.134. The Labute approximate surface area is 134 Å². The Morgan fingerprint density at radius 2 is 2.00 bits per heavy atom. The van der Waals surface area contributed by atoms with Gasteiger partial charge in [0.05, 0.1) is 6.04 Å². The number of carbonyl (C=O) groups is 2. The van der Waals surface area contributed by atoms with Gasteiger partial charge < -0.3 is 15.5 Å². The molecule has 0 saturated carbocycles. The lowest BCUT2D eigenvalue weighted by Crippen LogP contribution is -2.47. The van der Waals surface area contributed by atoms with Crippen molar-refractivity contribution in [1.29, 1.82) is 0 Å². The minimum absolute atomic E-state index is 0.0118. The number of amides is 2. The van der Waals surface area contributed by atoms with Crippen molar-refractivity contribution in [3.8, 4) is 0 Å². The number of rotatable bonds is 4. The third kappa shape index (κ3) is 5.27. The second kappa shape index (κ2) is 7.44. The van der Waals surface area contributed by atoms with Gasteiger partial charge in [-0.2, -0.15) is 0 Å². The van der Waals surface area contributed by atoms with Crippen LogP contribution < -0.4 is 10.6 Å². The summed E-state index contributed by atoms with van der Waals surface area (Å²) in [7, 11) is 0. The first-order valence-corrected chi connectivity index (χ1v) is 8.64. The first-order chi connectivity index (χ1) is 10.3. The number of hydrogen-bond donors (Lipinski definition) is 2. The van der Waals surface area contributed by atoms with Gasteiger partial charge in [-0.25, -0.2) is 0 Å². The topological polar surface area (TPSA) is 61.4 Å². The minimum atomic E-state index is -0.0118. The van der Waals surface area contributed by atoms with Gasteiger partial charge in [0.1, 0.15) is 0 Å². The van der Waals surface area contributed by atoms with Gasteiger partial charge >= 0.3 is 0 Å². The fourth-order valence-corrected chi connectivity index (χ4v) is 3.30. The molecular formula is C17H31N3O2. The van der Waals surface area contributed by atoms with Gasteiger partial charge in [-0.1, -0.05) is 20.8 Å². The van der Waals surface area contributed by atoms with Crippen LogP contribution in [0.2, 0.25) is 0 Å². The average molecular weight is 309 g/mol. The molecule has 2 unspecified atom stereocenters. The maximum absolute atomic E-state index is 12.3. The molecule has 2 fully saturated rings. The summed E-state index contributed by atoms with van der Waals surface area (Å²) in [5.41, 5.74) is 0.0341. The smallest absolute Gasteiger partial charge is 0.237 e. The fourth-order valence-electron chi connectivity index (χ4n) is 3.30. The molecule has 0 aromatic carbocycles. The van der Waals surface area contributed by atoms with Crippen LogP contribution in [0.15, 0.2) is 0 Å². The van der Waals surface area contributed by atoms with Crippen molar-refractivity contribution in [3.63, 3.8) is 0 Å². The third-order valence-corrected chi connectivity index (χ3v) is 4.50. The van der Waals surface area contributed by atoms with Gasteiger partial charge in [-0.15, -0.1) is 0 Å². The van der Waals surface area contributed by atoms with Crippen molar-refractivity contribution in [2.24, 2.45) is 11.3 Å². The van der Waals surface area contributed by atoms with Crippen molar-refractivity contribution >= 4 is 11.8 Å². The van der Waals surface area contributed by atoms with Crippen molar-refractivity contribution in [2.45, 2.75) is 58.9 Å². The molecule has 2 aliphatic heterocycles. The zero-order valence-electron chi connectivity index (χ0n) is 14.3. The molecule has 0 radical (unpaired) electrons. The molecule has 0 spiro atoms. The highest BCUT2D eigenvalue weighted by Crippen LogP contribution is 2.23. The predicted molar refractivity (Wildman–Crippen MR) is 87.4 cm³/mol. The van der Waals surface area contributed by atoms with Crippen LogP contribution in [0.4, 0.5) is 0 Å². The molecule has 2 atom stereocenters. The maximum atomic E-state index is 12.3. The Hall–Kier alpha value is -1.10. The van der Waals surface area contributed by atoms with Crippen LogP contribution in [0.3, 0.4) is 0 Å². The standard InChI is InChI=1S/C17H31N3O2/c1-17(2,3)10-15(21)20-9-5-6-13(12-20)11-19-16(22)14-7-4-8-18-14/h13-14,18H,4-12H2,1-3H3,(H,19,22). The molecule has 2 saturated heterocycles. The van der Waals surface area contributed by atoms with E-state index < -0.39 is 0 Å². The lowest BCUT2D eigenvalue weighted by atomic mass is 9.90. The molecule has 0 aliphatic carbocycles. The van der Waals surface area contributed by atoms with E-state index in [0.29, 0.717) is 18.9 Å². The number of hydrogen-bond acceptors (Lipinski definition) is 3. The zero-order chi connectivity index (χ0) is 16.2. The summed E-state index contributed by atoms with van der Waals surface area (Å²) in [6.07, 6.45) is 4.75. The molecular weight excluding hydrogens is 278 g/mol. The SMILES string of the molecule is CC(C)(C)CC(=O)N1CCCC(CNC(=O)C2CCCN2)C1. The van der Waals surface area contributed by atoms with Crippen molar-refractivity contribution < 1.29 is 9.59 Å². The molecule has 0 aromatic rings. The molecule has 0 aromatic heterocycles. The summed E-state index contributed by atoms with van der Waals surface area (Å²) in [6, 6.07) is -0.0118. The number of likely N-dealkylation sites (tertiary alicyclic amines) is 1. The summed E-state index contributed by atoms with van der Waals surface area (Å²) < 4.78 is 0. The molecule has 2 amide bonds. The van der Waals surface area contributed by atoms with E-state index in [-0.39, 0.29) is 23.3 Å². The van der Waals surface area contributed by atoms with Crippen LogP contribution in [-0.4, -0.2) is 48.9 Å². The van der Waals surface area contributed by atoms with E-state index in [0.717, 1.165) is 45.3 Å². The summed E-state index contributed by atoms with van der Waals surface area (Å²) in [5.74, 6) is 0.764. The summed E-state index contributed by atoms with van der Waals surface area (Å²) in [4.78, 5) is 26.4. The second-order valence-electron chi connectivity index (χ2n) is 7.98. The van der Waals surface area contributed by atoms with Gasteiger partial charge in [0.15, 0.2) is 0 Å².